The molecule has 36 heavy (non-hydrogen) atoms. The Balaban J connectivity index is 1.58. The zero-order valence-corrected chi connectivity index (χ0v) is 20.2. The van der Waals surface area contributed by atoms with Crippen molar-refractivity contribution in [2.45, 2.75) is 6.92 Å². The van der Waals surface area contributed by atoms with Crippen molar-refractivity contribution in [2.75, 3.05) is 19.5 Å². The van der Waals surface area contributed by atoms with Crippen LogP contribution < -0.4 is 20.3 Å². The van der Waals surface area contributed by atoms with E-state index in [0.717, 1.165) is 0 Å². The molecular weight excluding hydrogens is 486 g/mol. The van der Waals surface area contributed by atoms with Crippen LogP contribution in [0.25, 0.3) is 22.7 Å². The molecule has 0 unspecified atom stereocenters. The van der Waals surface area contributed by atoms with Crippen molar-refractivity contribution in [3.05, 3.63) is 81.4 Å². The number of anilines is 1. The van der Waals surface area contributed by atoms with Gasteiger partial charge in [0.15, 0.2) is 17.1 Å². The third kappa shape index (κ3) is 4.05. The fourth-order valence-electron chi connectivity index (χ4n) is 3.80. The molecule has 0 fully saturated rings. The molecule has 0 aliphatic carbocycles. The van der Waals surface area contributed by atoms with E-state index in [1.807, 2.05) is 0 Å². The zero-order chi connectivity index (χ0) is 25.4. The number of carbonyl (C=O) groups is 1. The molecule has 0 atom stereocenters. The molecule has 0 aliphatic rings. The van der Waals surface area contributed by atoms with E-state index in [2.05, 4.69) is 25.5 Å². The highest BCUT2D eigenvalue weighted by molar-refractivity contribution is 6.30. The van der Waals surface area contributed by atoms with E-state index in [4.69, 9.17) is 21.1 Å². The Morgan fingerprint density at radius 1 is 1.08 bits per heavy atom. The average Bonchev–Trinajstić information content (AvgIpc) is 3.46. The normalized spacial score (nSPS) is 11.0. The summed E-state index contributed by atoms with van der Waals surface area (Å²) in [5, 5.41) is 12.3. The van der Waals surface area contributed by atoms with Crippen LogP contribution in [0.1, 0.15) is 16.1 Å². The van der Waals surface area contributed by atoms with E-state index >= 15 is 0 Å². The summed E-state index contributed by atoms with van der Waals surface area (Å²) >= 11 is 6.13. The van der Waals surface area contributed by atoms with E-state index < -0.39 is 11.5 Å². The van der Waals surface area contributed by atoms with Crippen molar-refractivity contribution >= 4 is 34.4 Å². The second-order valence-corrected chi connectivity index (χ2v) is 8.18. The van der Waals surface area contributed by atoms with Crippen LogP contribution in [0.2, 0.25) is 5.02 Å². The van der Waals surface area contributed by atoms with Gasteiger partial charge in [-0.3, -0.25) is 14.6 Å². The number of rotatable bonds is 6. The van der Waals surface area contributed by atoms with E-state index in [9.17, 15) is 9.59 Å². The van der Waals surface area contributed by atoms with E-state index in [0.29, 0.717) is 39.4 Å². The highest BCUT2D eigenvalue weighted by atomic mass is 35.5. The molecule has 0 saturated carbocycles. The number of H-pyrrole nitrogens is 1. The Hall–Kier alpha value is -4.64. The molecule has 0 spiro atoms. The van der Waals surface area contributed by atoms with Gasteiger partial charge in [-0.15, -0.1) is 0 Å². The lowest BCUT2D eigenvalue weighted by Gasteiger charge is -2.13. The number of aromatic nitrogens is 6. The number of para-hydroxylation sites is 1. The smallest absolute Gasteiger partial charge is 0.263 e. The minimum Gasteiger partial charge on any atom is -0.493 e. The summed E-state index contributed by atoms with van der Waals surface area (Å²) in [4.78, 5) is 33.3. The van der Waals surface area contributed by atoms with Gasteiger partial charge in [-0.2, -0.15) is 19.9 Å². The first kappa shape index (κ1) is 23.1. The number of nitrogens with zero attached hydrogens (tertiary/aromatic N) is 5. The molecule has 1 amide bonds. The Labute approximate surface area is 209 Å². The van der Waals surface area contributed by atoms with Gasteiger partial charge in [-0.05, 0) is 37.3 Å². The van der Waals surface area contributed by atoms with Crippen molar-refractivity contribution < 1.29 is 14.3 Å². The fourth-order valence-corrected chi connectivity index (χ4v) is 3.99. The summed E-state index contributed by atoms with van der Waals surface area (Å²) in [6, 6.07) is 13.7. The van der Waals surface area contributed by atoms with E-state index in [-0.39, 0.29) is 16.9 Å². The Kier molecular flexibility index (Phi) is 5.90. The third-order valence-electron chi connectivity index (χ3n) is 5.40. The first-order chi connectivity index (χ1) is 17.4. The number of hydrogen-bond acceptors (Lipinski definition) is 7. The van der Waals surface area contributed by atoms with Crippen molar-refractivity contribution in [1.82, 2.24) is 29.5 Å². The molecule has 2 aromatic carbocycles. The Bertz CT molecular complexity index is 1670. The van der Waals surface area contributed by atoms with Crippen LogP contribution >= 0.6 is 11.6 Å². The number of amides is 1. The van der Waals surface area contributed by atoms with E-state index in [1.165, 1.54) is 29.8 Å². The number of hydrogen-bond donors (Lipinski definition) is 2. The molecule has 182 valence electrons. The fraction of sp³-hybridized carbons (Fsp3) is 0.125. The molecule has 3 aromatic heterocycles. The SMILES string of the molecule is COc1cccc(C(=O)Nc2cc(C)nn2-c2nc3c(cnn3-c3cccc(Cl)c3)c(=O)[nH]2)c1OC. The van der Waals surface area contributed by atoms with Gasteiger partial charge >= 0.3 is 0 Å². The maximum Gasteiger partial charge on any atom is 0.263 e. The zero-order valence-electron chi connectivity index (χ0n) is 19.4. The van der Waals surface area contributed by atoms with Gasteiger partial charge in [0, 0.05) is 11.1 Å². The predicted molar refractivity (Wildman–Crippen MR) is 134 cm³/mol. The van der Waals surface area contributed by atoms with E-state index in [1.54, 1.807) is 55.5 Å². The Morgan fingerprint density at radius 3 is 2.64 bits per heavy atom. The Morgan fingerprint density at radius 2 is 1.89 bits per heavy atom. The number of methoxy groups -OCH3 is 2. The molecule has 0 radical (unpaired) electrons. The molecule has 0 aliphatic heterocycles. The first-order valence-corrected chi connectivity index (χ1v) is 11.1. The topological polar surface area (TPSA) is 129 Å². The maximum atomic E-state index is 13.2. The summed E-state index contributed by atoms with van der Waals surface area (Å²) in [6.45, 7) is 1.76. The molecule has 12 heteroatoms. The third-order valence-corrected chi connectivity index (χ3v) is 5.63. The first-order valence-electron chi connectivity index (χ1n) is 10.7. The summed E-state index contributed by atoms with van der Waals surface area (Å²) in [6.07, 6.45) is 1.43. The molecule has 11 nitrogen and oxygen atoms in total. The number of benzene rings is 2. The summed E-state index contributed by atoms with van der Waals surface area (Å²) in [5.41, 5.74) is 1.38. The minimum absolute atomic E-state index is 0.0947. The number of carbonyl (C=O) groups excluding carboxylic acids is 1. The summed E-state index contributed by atoms with van der Waals surface area (Å²) in [7, 11) is 2.94. The minimum atomic E-state index is -0.459. The number of aromatic amines is 1. The maximum absolute atomic E-state index is 13.2. The monoisotopic (exact) mass is 505 g/mol. The molecule has 5 aromatic rings. The molecule has 3 heterocycles. The van der Waals surface area contributed by atoms with Crippen LogP contribution in [-0.4, -0.2) is 49.7 Å². The van der Waals surface area contributed by atoms with Crippen LogP contribution in [0, 0.1) is 6.92 Å². The van der Waals surface area contributed by atoms with Gasteiger partial charge in [-0.1, -0.05) is 23.7 Å². The van der Waals surface area contributed by atoms with Gasteiger partial charge < -0.3 is 14.8 Å². The van der Waals surface area contributed by atoms with Crippen LogP contribution in [0.5, 0.6) is 11.5 Å². The van der Waals surface area contributed by atoms with Gasteiger partial charge in [0.2, 0.25) is 5.95 Å². The van der Waals surface area contributed by atoms with Crippen molar-refractivity contribution in [3.63, 3.8) is 0 Å². The summed E-state index contributed by atoms with van der Waals surface area (Å²) in [5.74, 6) is 0.634. The van der Waals surface area contributed by atoms with Crippen molar-refractivity contribution in [2.24, 2.45) is 0 Å². The highest BCUT2D eigenvalue weighted by Crippen LogP contribution is 2.31. The molecule has 5 rings (SSSR count). The number of aryl methyl sites for hydroxylation is 1. The molecular formula is C24H20ClN7O4. The number of halogens is 1. The van der Waals surface area contributed by atoms with Gasteiger partial charge in [0.05, 0.1) is 37.4 Å². The number of nitrogens with one attached hydrogen (secondary N) is 2. The van der Waals surface area contributed by atoms with Crippen molar-refractivity contribution in [3.8, 4) is 23.1 Å². The molecule has 0 saturated heterocycles. The van der Waals surface area contributed by atoms with Gasteiger partial charge in [-0.25, -0.2) is 4.68 Å². The number of fused-ring (bicyclic) bond motifs is 1. The van der Waals surface area contributed by atoms with Crippen molar-refractivity contribution in [1.29, 1.82) is 0 Å². The van der Waals surface area contributed by atoms with Crippen LogP contribution in [0.15, 0.2) is 59.5 Å². The van der Waals surface area contributed by atoms with Crippen LogP contribution in [-0.2, 0) is 0 Å². The lowest BCUT2D eigenvalue weighted by Crippen LogP contribution is -2.19. The largest absolute Gasteiger partial charge is 0.493 e. The van der Waals surface area contributed by atoms with Gasteiger partial charge in [0.1, 0.15) is 11.2 Å². The number of ether oxygens (including phenoxy) is 2. The highest BCUT2D eigenvalue weighted by Gasteiger charge is 2.20. The lowest BCUT2D eigenvalue weighted by atomic mass is 10.1. The lowest BCUT2D eigenvalue weighted by molar-refractivity contribution is 0.102. The summed E-state index contributed by atoms with van der Waals surface area (Å²) < 4.78 is 13.5. The molecule has 0 bridgehead atoms. The standard InChI is InChI=1S/C24H20ClN7O4/c1-13-10-19(27-22(33)16-8-5-9-18(35-2)20(16)36-3)32(30-13)24-28-21-17(23(34)29-24)12-26-31(21)15-7-4-6-14(25)11-15/h4-12H,1-3H3,(H,27,33)(H,28,29,34). The quantitative estimate of drug-likeness (QED) is 0.361. The second-order valence-electron chi connectivity index (χ2n) is 7.74. The van der Waals surface area contributed by atoms with Gasteiger partial charge in [0.25, 0.3) is 11.5 Å². The van der Waals surface area contributed by atoms with Crippen LogP contribution in [0.4, 0.5) is 5.82 Å². The van der Waals surface area contributed by atoms with Crippen LogP contribution in [0.3, 0.4) is 0 Å². The second kappa shape index (κ2) is 9.19. The predicted octanol–water partition coefficient (Wildman–Crippen LogP) is 3.53. The average molecular weight is 506 g/mol. The molecule has 2 N–H and O–H groups in total.